The van der Waals surface area contributed by atoms with Crippen LogP contribution in [0.2, 0.25) is 0 Å². The number of benzene rings is 1. The Bertz CT molecular complexity index is 949. The molecule has 1 aliphatic heterocycles. The van der Waals surface area contributed by atoms with Crippen molar-refractivity contribution in [1.82, 2.24) is 0 Å². The second kappa shape index (κ2) is 6.38. The normalized spacial score (nSPS) is 17.6. The number of anilines is 2. The summed E-state index contributed by atoms with van der Waals surface area (Å²) in [6, 6.07) is 9.79. The van der Waals surface area contributed by atoms with Crippen molar-refractivity contribution in [3.63, 3.8) is 0 Å². The van der Waals surface area contributed by atoms with E-state index in [4.69, 9.17) is 0 Å². The first-order chi connectivity index (χ1) is 11.3. The molecule has 1 fully saturated rings. The summed E-state index contributed by atoms with van der Waals surface area (Å²) in [5, 5.41) is 0. The van der Waals surface area contributed by atoms with Gasteiger partial charge in [-0.05, 0) is 50.1 Å². The fourth-order valence-corrected chi connectivity index (χ4v) is 6.53. The molecule has 130 valence electrons. The van der Waals surface area contributed by atoms with Crippen molar-refractivity contribution in [1.29, 1.82) is 0 Å². The van der Waals surface area contributed by atoms with E-state index >= 15 is 0 Å². The molecule has 1 saturated heterocycles. The SMILES string of the molecule is Cc1ccc(S(=O)(=O)Nc2cccc(N3CCCCS3(=O)=O)c2)s1. The van der Waals surface area contributed by atoms with Gasteiger partial charge in [0.25, 0.3) is 10.0 Å². The molecule has 9 heteroatoms. The summed E-state index contributed by atoms with van der Waals surface area (Å²) in [5.41, 5.74) is 0.830. The first-order valence-corrected chi connectivity index (χ1v) is 11.4. The highest BCUT2D eigenvalue weighted by Gasteiger charge is 2.26. The summed E-state index contributed by atoms with van der Waals surface area (Å²) in [6.07, 6.45) is 1.45. The molecule has 1 aromatic carbocycles. The number of hydrogen-bond acceptors (Lipinski definition) is 5. The summed E-state index contributed by atoms with van der Waals surface area (Å²) in [5.74, 6) is 0.122. The van der Waals surface area contributed by atoms with Gasteiger partial charge in [-0.15, -0.1) is 11.3 Å². The van der Waals surface area contributed by atoms with E-state index in [0.29, 0.717) is 24.3 Å². The molecule has 2 heterocycles. The van der Waals surface area contributed by atoms with Crippen LogP contribution >= 0.6 is 11.3 Å². The molecule has 1 aromatic heterocycles. The Morgan fingerprint density at radius 2 is 1.96 bits per heavy atom. The zero-order valence-corrected chi connectivity index (χ0v) is 15.5. The first kappa shape index (κ1) is 17.2. The Morgan fingerprint density at radius 3 is 2.62 bits per heavy atom. The molecule has 0 saturated carbocycles. The zero-order valence-electron chi connectivity index (χ0n) is 13.1. The Kier molecular flexibility index (Phi) is 4.58. The maximum atomic E-state index is 12.4. The Morgan fingerprint density at radius 1 is 1.17 bits per heavy atom. The third-order valence-electron chi connectivity index (χ3n) is 3.72. The second-order valence-corrected chi connectivity index (χ2v) is 10.8. The van der Waals surface area contributed by atoms with Crippen LogP contribution in [-0.4, -0.2) is 29.1 Å². The summed E-state index contributed by atoms with van der Waals surface area (Å²) in [4.78, 5) is 0.906. The van der Waals surface area contributed by atoms with E-state index in [9.17, 15) is 16.8 Å². The molecular formula is C15H18N2O4S3. The first-order valence-electron chi connectivity index (χ1n) is 7.48. The maximum absolute atomic E-state index is 12.4. The fourth-order valence-electron chi connectivity index (χ4n) is 2.57. The van der Waals surface area contributed by atoms with E-state index in [2.05, 4.69) is 4.72 Å². The molecule has 1 N–H and O–H groups in total. The van der Waals surface area contributed by atoms with Gasteiger partial charge < -0.3 is 0 Å². The van der Waals surface area contributed by atoms with Crippen LogP contribution in [0.15, 0.2) is 40.6 Å². The molecule has 0 amide bonds. The van der Waals surface area contributed by atoms with Crippen molar-refractivity contribution in [2.45, 2.75) is 24.0 Å². The van der Waals surface area contributed by atoms with Crippen molar-refractivity contribution in [2.75, 3.05) is 21.3 Å². The lowest BCUT2D eigenvalue weighted by Gasteiger charge is -2.28. The van der Waals surface area contributed by atoms with Gasteiger partial charge in [0.2, 0.25) is 10.0 Å². The van der Waals surface area contributed by atoms with Gasteiger partial charge in [0.05, 0.1) is 17.1 Å². The van der Waals surface area contributed by atoms with Crippen LogP contribution in [0.3, 0.4) is 0 Å². The van der Waals surface area contributed by atoms with Crippen LogP contribution in [0.5, 0.6) is 0 Å². The molecule has 0 spiro atoms. The minimum Gasteiger partial charge on any atom is -0.279 e. The third kappa shape index (κ3) is 3.57. The smallest absolute Gasteiger partial charge is 0.271 e. The summed E-state index contributed by atoms with van der Waals surface area (Å²) in [6.45, 7) is 2.26. The van der Waals surface area contributed by atoms with Crippen molar-refractivity contribution in [3.8, 4) is 0 Å². The van der Waals surface area contributed by atoms with Gasteiger partial charge in [0.15, 0.2) is 0 Å². The molecule has 0 atom stereocenters. The number of sulfonamides is 2. The van der Waals surface area contributed by atoms with Crippen molar-refractivity contribution < 1.29 is 16.8 Å². The highest BCUT2D eigenvalue weighted by molar-refractivity contribution is 7.94. The summed E-state index contributed by atoms with van der Waals surface area (Å²) < 4.78 is 53.3. The van der Waals surface area contributed by atoms with Crippen molar-refractivity contribution in [2.24, 2.45) is 0 Å². The molecule has 0 radical (unpaired) electrons. The third-order valence-corrected chi connectivity index (χ3v) is 8.46. The highest BCUT2D eigenvalue weighted by Crippen LogP contribution is 2.28. The summed E-state index contributed by atoms with van der Waals surface area (Å²) >= 11 is 1.19. The largest absolute Gasteiger partial charge is 0.279 e. The molecule has 6 nitrogen and oxygen atoms in total. The number of hydrogen-bond donors (Lipinski definition) is 1. The molecule has 24 heavy (non-hydrogen) atoms. The second-order valence-electron chi connectivity index (χ2n) is 5.62. The molecule has 1 aliphatic rings. The van der Waals surface area contributed by atoms with Crippen LogP contribution < -0.4 is 9.03 Å². The highest BCUT2D eigenvalue weighted by atomic mass is 32.2. The van der Waals surface area contributed by atoms with Crippen LogP contribution in [0.25, 0.3) is 0 Å². The van der Waals surface area contributed by atoms with Gasteiger partial charge in [0.1, 0.15) is 4.21 Å². The Balaban J connectivity index is 1.88. The van der Waals surface area contributed by atoms with E-state index in [1.165, 1.54) is 15.6 Å². The quantitative estimate of drug-likeness (QED) is 0.876. The number of nitrogens with one attached hydrogen (secondary N) is 1. The molecule has 3 rings (SSSR count). The molecule has 0 unspecified atom stereocenters. The number of aryl methyl sites for hydroxylation is 1. The van der Waals surface area contributed by atoms with Gasteiger partial charge in [-0.2, -0.15) is 0 Å². The average Bonchev–Trinajstić information content (AvgIpc) is 2.94. The lowest BCUT2D eigenvalue weighted by Crippen LogP contribution is -2.37. The number of nitrogens with zero attached hydrogens (tertiary/aromatic N) is 1. The van der Waals surface area contributed by atoms with Crippen LogP contribution in [-0.2, 0) is 20.0 Å². The average molecular weight is 387 g/mol. The topological polar surface area (TPSA) is 83.6 Å². The lowest BCUT2D eigenvalue weighted by molar-refractivity contribution is 0.574. The Labute approximate surface area is 146 Å². The maximum Gasteiger partial charge on any atom is 0.271 e. The van der Waals surface area contributed by atoms with Gasteiger partial charge in [-0.25, -0.2) is 16.8 Å². The van der Waals surface area contributed by atoms with E-state index < -0.39 is 20.0 Å². The van der Waals surface area contributed by atoms with Crippen LogP contribution in [0, 0.1) is 6.92 Å². The molecule has 0 bridgehead atoms. The monoisotopic (exact) mass is 386 g/mol. The van der Waals surface area contributed by atoms with Gasteiger partial charge in [0, 0.05) is 11.4 Å². The molecular weight excluding hydrogens is 368 g/mol. The van der Waals surface area contributed by atoms with Crippen molar-refractivity contribution in [3.05, 3.63) is 41.3 Å². The number of thiophene rings is 1. The fraction of sp³-hybridized carbons (Fsp3) is 0.333. The zero-order chi connectivity index (χ0) is 17.4. The van der Waals surface area contributed by atoms with Gasteiger partial charge in [-0.3, -0.25) is 9.03 Å². The van der Waals surface area contributed by atoms with Crippen molar-refractivity contribution >= 4 is 42.8 Å². The Hall–Kier alpha value is -1.58. The van der Waals surface area contributed by atoms with E-state index in [-0.39, 0.29) is 9.96 Å². The minimum absolute atomic E-state index is 0.122. The predicted molar refractivity (Wildman–Crippen MR) is 96.7 cm³/mol. The predicted octanol–water partition coefficient (Wildman–Crippen LogP) is 2.79. The standard InChI is InChI=1S/C15H18N2O4S3/c1-12-7-8-15(22-12)24(20,21)16-13-5-4-6-14(11-13)17-9-2-3-10-23(17,18)19/h4-8,11,16H,2-3,9-10H2,1H3. The van der Waals surface area contributed by atoms with Gasteiger partial charge >= 0.3 is 0 Å². The van der Waals surface area contributed by atoms with Crippen LogP contribution in [0.1, 0.15) is 17.7 Å². The number of rotatable bonds is 4. The van der Waals surface area contributed by atoms with Crippen LogP contribution in [0.4, 0.5) is 11.4 Å². The van der Waals surface area contributed by atoms with E-state index in [1.54, 1.807) is 36.4 Å². The minimum atomic E-state index is -3.67. The van der Waals surface area contributed by atoms with Gasteiger partial charge in [-0.1, -0.05) is 6.07 Å². The molecule has 0 aliphatic carbocycles. The van der Waals surface area contributed by atoms with E-state index in [0.717, 1.165) is 11.3 Å². The van der Waals surface area contributed by atoms with E-state index in [1.807, 2.05) is 6.92 Å². The summed E-state index contributed by atoms with van der Waals surface area (Å²) in [7, 11) is -7.00. The lowest BCUT2D eigenvalue weighted by atomic mass is 10.2. The molecule has 2 aromatic rings.